The highest BCUT2D eigenvalue weighted by molar-refractivity contribution is 5.65. The van der Waals surface area contributed by atoms with Gasteiger partial charge in [0.2, 0.25) is 0 Å². The third-order valence-electron chi connectivity index (χ3n) is 4.87. The lowest BCUT2D eigenvalue weighted by Gasteiger charge is -2.34. The van der Waals surface area contributed by atoms with Crippen LogP contribution in [0.3, 0.4) is 0 Å². The number of aromatic nitrogens is 3. The molecule has 0 radical (unpaired) electrons. The van der Waals surface area contributed by atoms with Gasteiger partial charge in [-0.25, -0.2) is 4.39 Å². The molecular weight excluding hydrogens is 281 g/mol. The van der Waals surface area contributed by atoms with Gasteiger partial charge >= 0.3 is 0 Å². The normalized spacial score (nSPS) is 24.3. The topological polar surface area (TPSA) is 50.9 Å². The zero-order valence-corrected chi connectivity index (χ0v) is 12.7. The molecule has 2 saturated carbocycles. The van der Waals surface area contributed by atoms with E-state index < -0.39 is 0 Å². The van der Waals surface area contributed by atoms with Crippen molar-refractivity contribution in [2.24, 2.45) is 5.92 Å². The molecule has 2 aliphatic carbocycles. The first-order valence-electron chi connectivity index (χ1n) is 7.98. The summed E-state index contributed by atoms with van der Waals surface area (Å²) in [5, 5.41) is 14.0. The molecule has 116 valence electrons. The number of halogens is 1. The van der Waals surface area contributed by atoms with E-state index in [9.17, 15) is 9.50 Å². The maximum absolute atomic E-state index is 13.3. The van der Waals surface area contributed by atoms with Crippen LogP contribution in [0.1, 0.15) is 48.9 Å². The Labute approximate surface area is 129 Å². The Morgan fingerprint density at radius 2 is 2.14 bits per heavy atom. The molecule has 1 N–H and O–H groups in total. The Hall–Kier alpha value is -1.75. The number of rotatable bonds is 4. The largest absolute Gasteiger partial charge is 0.396 e. The third kappa shape index (κ3) is 2.33. The second kappa shape index (κ2) is 5.16. The molecule has 0 atom stereocenters. The van der Waals surface area contributed by atoms with Crippen molar-refractivity contribution < 1.29 is 9.50 Å². The van der Waals surface area contributed by atoms with E-state index in [0.29, 0.717) is 17.9 Å². The fraction of sp³-hybridized carbons (Fsp3) is 0.529. The number of aliphatic hydroxyl groups excluding tert-OH is 1. The summed E-state index contributed by atoms with van der Waals surface area (Å²) < 4.78 is 15.3. The van der Waals surface area contributed by atoms with Crippen LogP contribution in [0.25, 0.3) is 11.3 Å². The summed E-state index contributed by atoms with van der Waals surface area (Å²) in [7, 11) is 0. The minimum atomic E-state index is -0.300. The zero-order chi connectivity index (χ0) is 15.3. The first-order chi connectivity index (χ1) is 10.7. The van der Waals surface area contributed by atoms with E-state index in [0.717, 1.165) is 35.4 Å². The van der Waals surface area contributed by atoms with Crippen molar-refractivity contribution in [2.75, 3.05) is 6.61 Å². The number of pyridine rings is 1. The predicted molar refractivity (Wildman–Crippen MR) is 81.0 cm³/mol. The second-order valence-corrected chi connectivity index (χ2v) is 6.68. The van der Waals surface area contributed by atoms with E-state index in [1.165, 1.54) is 25.1 Å². The van der Waals surface area contributed by atoms with Gasteiger partial charge in [-0.15, -0.1) is 0 Å². The molecule has 2 fully saturated rings. The lowest BCUT2D eigenvalue weighted by atomic mass is 9.81. The summed E-state index contributed by atoms with van der Waals surface area (Å²) in [6.07, 6.45) is 7.66. The van der Waals surface area contributed by atoms with Gasteiger partial charge in [-0.3, -0.25) is 9.67 Å². The number of nitrogens with zero attached hydrogens (tertiary/aromatic N) is 3. The minimum Gasteiger partial charge on any atom is -0.396 e. The third-order valence-corrected chi connectivity index (χ3v) is 4.87. The molecule has 0 amide bonds. The van der Waals surface area contributed by atoms with Crippen LogP contribution in [0.4, 0.5) is 4.39 Å². The summed E-state index contributed by atoms with van der Waals surface area (Å²) in [5.41, 5.74) is 3.85. The Morgan fingerprint density at radius 3 is 2.77 bits per heavy atom. The van der Waals surface area contributed by atoms with Crippen LogP contribution in [0, 0.1) is 18.7 Å². The van der Waals surface area contributed by atoms with Crippen LogP contribution >= 0.6 is 0 Å². The van der Waals surface area contributed by atoms with E-state index in [1.54, 1.807) is 0 Å². The van der Waals surface area contributed by atoms with Crippen molar-refractivity contribution in [3.8, 4) is 11.3 Å². The van der Waals surface area contributed by atoms with Gasteiger partial charge in [-0.05, 0) is 50.2 Å². The average molecular weight is 301 g/mol. The number of aryl methyl sites for hydroxylation is 1. The molecule has 0 spiro atoms. The lowest BCUT2D eigenvalue weighted by molar-refractivity contribution is 0.105. The molecule has 0 unspecified atom stereocenters. The maximum Gasteiger partial charge on any atom is 0.141 e. The van der Waals surface area contributed by atoms with Crippen LogP contribution in [-0.2, 0) is 0 Å². The predicted octanol–water partition coefficient (Wildman–Crippen LogP) is 3.21. The highest BCUT2D eigenvalue weighted by atomic mass is 19.1. The number of hydrogen-bond acceptors (Lipinski definition) is 3. The van der Waals surface area contributed by atoms with Crippen LogP contribution < -0.4 is 0 Å². The van der Waals surface area contributed by atoms with Crippen LogP contribution in [0.15, 0.2) is 18.5 Å². The average Bonchev–Trinajstić information content (AvgIpc) is 3.19. The highest BCUT2D eigenvalue weighted by Gasteiger charge is 2.35. The molecule has 2 aliphatic rings. The summed E-state index contributed by atoms with van der Waals surface area (Å²) >= 11 is 0. The Bertz CT molecular complexity index is 702. The maximum atomic E-state index is 13.3. The van der Waals surface area contributed by atoms with Gasteiger partial charge in [-0.1, -0.05) is 0 Å². The molecule has 22 heavy (non-hydrogen) atoms. The van der Waals surface area contributed by atoms with Gasteiger partial charge in [0.1, 0.15) is 5.82 Å². The van der Waals surface area contributed by atoms with Crippen molar-refractivity contribution >= 4 is 0 Å². The molecule has 0 saturated heterocycles. The minimum absolute atomic E-state index is 0.263. The van der Waals surface area contributed by atoms with Crippen LogP contribution in [0.5, 0.6) is 0 Å². The van der Waals surface area contributed by atoms with Crippen molar-refractivity contribution in [2.45, 2.75) is 44.6 Å². The van der Waals surface area contributed by atoms with Gasteiger partial charge < -0.3 is 5.11 Å². The summed E-state index contributed by atoms with van der Waals surface area (Å²) in [6.45, 7) is 2.16. The molecule has 0 bridgehead atoms. The van der Waals surface area contributed by atoms with E-state index in [4.69, 9.17) is 5.10 Å². The van der Waals surface area contributed by atoms with Crippen molar-refractivity contribution in [1.82, 2.24) is 14.8 Å². The van der Waals surface area contributed by atoms with E-state index in [-0.39, 0.29) is 12.4 Å². The molecule has 0 aromatic carbocycles. The molecule has 2 heterocycles. The Balaban J connectivity index is 1.70. The molecule has 5 heteroatoms. The van der Waals surface area contributed by atoms with E-state index >= 15 is 0 Å². The fourth-order valence-corrected chi connectivity index (χ4v) is 3.32. The summed E-state index contributed by atoms with van der Waals surface area (Å²) in [5.74, 6) is 0.635. The Morgan fingerprint density at radius 1 is 1.36 bits per heavy atom. The molecule has 0 aliphatic heterocycles. The quantitative estimate of drug-likeness (QED) is 0.943. The summed E-state index contributed by atoms with van der Waals surface area (Å²) in [6, 6.07) is 1.91. The Kier molecular flexibility index (Phi) is 3.26. The van der Waals surface area contributed by atoms with Crippen molar-refractivity contribution in [3.63, 3.8) is 0 Å². The van der Waals surface area contributed by atoms with Gasteiger partial charge in [0, 0.05) is 24.3 Å². The van der Waals surface area contributed by atoms with Gasteiger partial charge in [0.25, 0.3) is 0 Å². The molecule has 4 nitrogen and oxygen atoms in total. The fourth-order valence-electron chi connectivity index (χ4n) is 3.32. The first-order valence-corrected chi connectivity index (χ1v) is 7.98. The van der Waals surface area contributed by atoms with E-state index in [2.05, 4.69) is 11.2 Å². The monoisotopic (exact) mass is 301 g/mol. The molecule has 2 aromatic heterocycles. The molecular formula is C17H20FN3O. The first kappa shape index (κ1) is 13.9. The van der Waals surface area contributed by atoms with Gasteiger partial charge in [0.05, 0.1) is 23.6 Å². The second-order valence-electron chi connectivity index (χ2n) is 6.68. The van der Waals surface area contributed by atoms with Crippen LogP contribution in [0.2, 0.25) is 0 Å². The van der Waals surface area contributed by atoms with Gasteiger partial charge in [0.15, 0.2) is 0 Å². The smallest absolute Gasteiger partial charge is 0.141 e. The van der Waals surface area contributed by atoms with Crippen molar-refractivity contribution in [3.05, 3.63) is 35.5 Å². The zero-order valence-electron chi connectivity index (χ0n) is 12.7. The highest BCUT2D eigenvalue weighted by Crippen LogP contribution is 2.45. The number of aliphatic hydroxyl groups is 1. The number of hydrogen-bond donors (Lipinski definition) is 1. The standard InChI is InChI=1S/C17H20FN3O/c1-10-4-13(18)7-19-16(10)15-8-21(14-5-11(6-14)9-22)20-17(15)12-2-3-12/h4,7-8,11-12,14,22H,2-3,5-6,9H2,1H3. The van der Waals surface area contributed by atoms with Crippen molar-refractivity contribution in [1.29, 1.82) is 0 Å². The SMILES string of the molecule is Cc1cc(F)cnc1-c1cn(C2CC(CO)C2)nc1C1CC1. The summed E-state index contributed by atoms with van der Waals surface area (Å²) in [4.78, 5) is 4.30. The van der Waals surface area contributed by atoms with Gasteiger partial charge in [-0.2, -0.15) is 5.10 Å². The lowest BCUT2D eigenvalue weighted by Crippen LogP contribution is -2.29. The van der Waals surface area contributed by atoms with Crippen LogP contribution in [-0.4, -0.2) is 26.5 Å². The molecule has 2 aromatic rings. The molecule has 4 rings (SSSR count). The van der Waals surface area contributed by atoms with E-state index in [1.807, 2.05) is 11.6 Å².